The van der Waals surface area contributed by atoms with E-state index in [9.17, 15) is 20.4 Å². The van der Waals surface area contributed by atoms with Crippen molar-refractivity contribution in [2.24, 2.45) is 0 Å². The lowest BCUT2D eigenvalue weighted by Gasteiger charge is -2.27. The molecule has 1 unspecified atom stereocenters. The topological polar surface area (TPSA) is 90.2 Å². The summed E-state index contributed by atoms with van der Waals surface area (Å²) in [4.78, 5) is 0. The fourth-order valence-electron chi connectivity index (χ4n) is 2.62. The second kappa shape index (κ2) is 4.87. The van der Waals surface area contributed by atoms with E-state index in [0.717, 1.165) is 0 Å². The normalized spacial score (nSPS) is 20.6. The first-order valence-corrected chi connectivity index (χ1v) is 6.80. The molecule has 2 aliphatic rings. The van der Waals surface area contributed by atoms with Gasteiger partial charge in [0.25, 0.3) is 0 Å². The van der Waals surface area contributed by atoms with E-state index in [2.05, 4.69) is 0 Å². The molecule has 0 saturated carbocycles. The molecule has 114 valence electrons. The van der Waals surface area contributed by atoms with E-state index in [1.54, 1.807) is 26.0 Å². The molecule has 1 aliphatic carbocycles. The van der Waals surface area contributed by atoms with E-state index in [-0.39, 0.29) is 28.8 Å². The Kier molecular flexibility index (Phi) is 3.13. The molecule has 0 amide bonds. The zero-order valence-corrected chi connectivity index (χ0v) is 12.2. The van der Waals surface area contributed by atoms with Crippen LogP contribution in [-0.4, -0.2) is 26.5 Å². The fraction of sp³-hybridized carbons (Fsp3) is 0.176. The molecule has 5 nitrogen and oxygen atoms in total. The zero-order valence-electron chi connectivity index (χ0n) is 12.2. The number of aliphatic hydroxyl groups is 3. The number of ether oxygens (including phenoxy) is 1. The Bertz CT molecular complexity index is 757. The third kappa shape index (κ3) is 2.20. The Hall–Kier alpha value is -2.82. The first-order valence-electron chi connectivity index (χ1n) is 6.80. The fourth-order valence-corrected chi connectivity index (χ4v) is 2.62. The monoisotopic (exact) mass is 300 g/mol. The summed E-state index contributed by atoms with van der Waals surface area (Å²) in [6.45, 7) is 3.52. The summed E-state index contributed by atoms with van der Waals surface area (Å²) < 4.78 is 5.72. The predicted molar refractivity (Wildman–Crippen MR) is 81.5 cm³/mol. The van der Waals surface area contributed by atoms with Crippen LogP contribution in [0, 0.1) is 13.8 Å². The van der Waals surface area contributed by atoms with Gasteiger partial charge in [-0.25, -0.2) is 0 Å². The SMILES string of the molecule is Cc1cc(C2=C(O)C=C3C(O)=CC(O)=CC3O2)cc(C)c1O. The van der Waals surface area contributed by atoms with Gasteiger partial charge in [0.1, 0.15) is 23.4 Å². The summed E-state index contributed by atoms with van der Waals surface area (Å²) >= 11 is 0. The van der Waals surface area contributed by atoms with Crippen molar-refractivity contribution in [3.63, 3.8) is 0 Å². The number of phenols is 1. The largest absolute Gasteiger partial charge is 0.508 e. The zero-order chi connectivity index (χ0) is 16.0. The Morgan fingerprint density at radius 3 is 2.23 bits per heavy atom. The van der Waals surface area contributed by atoms with E-state index < -0.39 is 6.10 Å². The highest BCUT2D eigenvalue weighted by Crippen LogP contribution is 2.36. The van der Waals surface area contributed by atoms with Crippen LogP contribution in [-0.2, 0) is 4.74 Å². The van der Waals surface area contributed by atoms with Crippen molar-refractivity contribution in [3.8, 4) is 5.75 Å². The molecule has 22 heavy (non-hydrogen) atoms. The Balaban J connectivity index is 2.09. The molecule has 4 N–H and O–H groups in total. The molecule has 5 heteroatoms. The van der Waals surface area contributed by atoms with Crippen molar-refractivity contribution >= 4 is 5.76 Å². The quantitative estimate of drug-likeness (QED) is 0.637. The molecule has 0 fully saturated rings. The Morgan fingerprint density at radius 1 is 0.955 bits per heavy atom. The number of fused-ring (bicyclic) bond motifs is 1. The van der Waals surface area contributed by atoms with Crippen LogP contribution in [0.4, 0.5) is 0 Å². The first kappa shape index (κ1) is 14.1. The lowest BCUT2D eigenvalue weighted by molar-refractivity contribution is 0.206. The third-order valence-electron chi connectivity index (χ3n) is 3.73. The van der Waals surface area contributed by atoms with Crippen LogP contribution < -0.4 is 0 Å². The summed E-state index contributed by atoms with van der Waals surface area (Å²) in [7, 11) is 0. The molecule has 0 saturated heterocycles. The maximum Gasteiger partial charge on any atom is 0.169 e. The molecule has 1 heterocycles. The number of hydrogen-bond acceptors (Lipinski definition) is 5. The van der Waals surface area contributed by atoms with Gasteiger partial charge in [0, 0.05) is 23.3 Å². The lowest BCUT2D eigenvalue weighted by Crippen LogP contribution is -2.22. The van der Waals surface area contributed by atoms with Crippen LogP contribution in [0.3, 0.4) is 0 Å². The van der Waals surface area contributed by atoms with Crippen LogP contribution in [0.25, 0.3) is 5.76 Å². The van der Waals surface area contributed by atoms with Gasteiger partial charge < -0.3 is 25.2 Å². The van der Waals surface area contributed by atoms with Crippen LogP contribution in [0.15, 0.2) is 53.2 Å². The highest BCUT2D eigenvalue weighted by atomic mass is 16.5. The maximum absolute atomic E-state index is 10.2. The molecule has 1 aliphatic heterocycles. The summed E-state index contributed by atoms with van der Waals surface area (Å²) in [5.74, 6) is 0.0722. The molecule has 0 radical (unpaired) electrons. The van der Waals surface area contributed by atoms with E-state index in [1.807, 2.05) is 0 Å². The molecular weight excluding hydrogens is 284 g/mol. The lowest BCUT2D eigenvalue weighted by atomic mass is 9.96. The number of phenolic OH excluding ortho intramolecular Hbond substituents is 1. The van der Waals surface area contributed by atoms with Crippen molar-refractivity contribution in [1.82, 2.24) is 0 Å². The molecular formula is C17H16O5. The van der Waals surface area contributed by atoms with Crippen molar-refractivity contribution < 1.29 is 25.2 Å². The molecule has 1 aromatic carbocycles. The minimum atomic E-state index is -0.676. The van der Waals surface area contributed by atoms with Gasteiger partial charge >= 0.3 is 0 Å². The third-order valence-corrected chi connectivity index (χ3v) is 3.73. The van der Waals surface area contributed by atoms with Crippen molar-refractivity contribution in [2.75, 3.05) is 0 Å². The van der Waals surface area contributed by atoms with Gasteiger partial charge in [-0.05, 0) is 43.2 Å². The van der Waals surface area contributed by atoms with Gasteiger partial charge in [-0.15, -0.1) is 0 Å². The summed E-state index contributed by atoms with van der Waals surface area (Å²) in [6, 6.07) is 3.41. The second-order valence-electron chi connectivity index (χ2n) is 5.43. The molecule has 0 spiro atoms. The van der Waals surface area contributed by atoms with E-state index >= 15 is 0 Å². The number of aromatic hydroxyl groups is 1. The van der Waals surface area contributed by atoms with Gasteiger partial charge in [0.15, 0.2) is 11.5 Å². The van der Waals surface area contributed by atoms with Crippen LogP contribution >= 0.6 is 0 Å². The number of benzene rings is 1. The predicted octanol–water partition coefficient (Wildman–Crippen LogP) is 3.46. The molecule has 0 aromatic heterocycles. The second-order valence-corrected chi connectivity index (χ2v) is 5.43. The summed E-state index contributed by atoms with van der Waals surface area (Å²) in [6.07, 6.45) is 3.37. The average molecular weight is 300 g/mol. The number of aryl methyl sites for hydroxylation is 2. The maximum atomic E-state index is 10.2. The molecule has 3 rings (SSSR count). The van der Waals surface area contributed by atoms with E-state index in [0.29, 0.717) is 22.3 Å². The number of hydrogen-bond donors (Lipinski definition) is 4. The minimum Gasteiger partial charge on any atom is -0.508 e. The van der Waals surface area contributed by atoms with Crippen molar-refractivity contribution in [2.45, 2.75) is 20.0 Å². The molecule has 1 aromatic rings. The first-order chi connectivity index (χ1) is 10.4. The minimum absolute atomic E-state index is 0.0987. The summed E-state index contributed by atoms with van der Waals surface area (Å²) in [5, 5.41) is 39.4. The van der Waals surface area contributed by atoms with Gasteiger partial charge in [0.05, 0.1) is 0 Å². The Morgan fingerprint density at radius 2 is 1.59 bits per heavy atom. The highest BCUT2D eigenvalue weighted by molar-refractivity contribution is 5.69. The van der Waals surface area contributed by atoms with Gasteiger partial charge in [-0.2, -0.15) is 0 Å². The Labute approximate surface area is 127 Å². The highest BCUT2D eigenvalue weighted by Gasteiger charge is 2.29. The number of aliphatic hydroxyl groups excluding tert-OH is 3. The smallest absolute Gasteiger partial charge is 0.169 e. The van der Waals surface area contributed by atoms with Gasteiger partial charge in [0.2, 0.25) is 0 Å². The van der Waals surface area contributed by atoms with E-state index in [4.69, 9.17) is 4.74 Å². The molecule has 1 atom stereocenters. The number of allylic oxidation sites excluding steroid dienone is 2. The van der Waals surface area contributed by atoms with Crippen LogP contribution in [0.1, 0.15) is 16.7 Å². The van der Waals surface area contributed by atoms with Crippen molar-refractivity contribution in [1.29, 1.82) is 0 Å². The van der Waals surface area contributed by atoms with Gasteiger partial charge in [-0.3, -0.25) is 0 Å². The molecule has 0 bridgehead atoms. The van der Waals surface area contributed by atoms with Crippen LogP contribution in [0.5, 0.6) is 5.75 Å². The standard InChI is InChI=1S/C17H16O5/c1-8-3-10(4-9(2)16(8)21)17-14(20)7-12-13(19)5-11(18)6-15(12)22-17/h3-7,15,18-21H,1-2H3. The van der Waals surface area contributed by atoms with E-state index in [1.165, 1.54) is 18.2 Å². The van der Waals surface area contributed by atoms with Crippen LogP contribution in [0.2, 0.25) is 0 Å². The van der Waals surface area contributed by atoms with Gasteiger partial charge in [-0.1, -0.05) is 0 Å². The summed E-state index contributed by atoms with van der Waals surface area (Å²) in [5.41, 5.74) is 2.32. The van der Waals surface area contributed by atoms with Crippen molar-refractivity contribution in [3.05, 3.63) is 69.9 Å². The number of rotatable bonds is 1. The average Bonchev–Trinajstić information content (AvgIpc) is 2.44.